The number of hydrogen-bond donors (Lipinski definition) is 3. The molecule has 0 heterocycles. The summed E-state index contributed by atoms with van der Waals surface area (Å²) in [5.41, 5.74) is 0.993. The average molecular weight is 263 g/mol. The maximum absolute atomic E-state index is 11.3. The van der Waals surface area contributed by atoms with E-state index in [0.29, 0.717) is 6.42 Å². The molecule has 2 rings (SSSR count). The van der Waals surface area contributed by atoms with Gasteiger partial charge in [0.15, 0.2) is 0 Å². The number of nitrogens with one attached hydrogen (secondary N) is 1. The standard InChI is InChI=1S/C15H21NO3/c17-14-9-5-4-8-12(14)16-13(15(18)19)10-11-6-2-1-3-7-11/h1-3,6-7,12-14,16-17H,4-5,8-10H2,(H,18,19)/t12-,13+,14-/m1/s1. The van der Waals surface area contributed by atoms with Gasteiger partial charge in [-0.3, -0.25) is 10.1 Å². The summed E-state index contributed by atoms with van der Waals surface area (Å²) in [6, 6.07) is 8.84. The fourth-order valence-electron chi connectivity index (χ4n) is 2.63. The Hall–Kier alpha value is -1.39. The molecule has 1 saturated carbocycles. The number of aliphatic hydroxyl groups is 1. The van der Waals surface area contributed by atoms with E-state index in [9.17, 15) is 15.0 Å². The maximum atomic E-state index is 11.3. The first kappa shape index (κ1) is 14.0. The summed E-state index contributed by atoms with van der Waals surface area (Å²) in [6.45, 7) is 0. The molecule has 3 N–H and O–H groups in total. The van der Waals surface area contributed by atoms with Crippen LogP contribution in [-0.4, -0.2) is 34.4 Å². The third kappa shape index (κ3) is 4.04. The summed E-state index contributed by atoms with van der Waals surface area (Å²) in [5, 5.41) is 22.3. The van der Waals surface area contributed by atoms with E-state index >= 15 is 0 Å². The molecule has 0 aromatic heterocycles. The lowest BCUT2D eigenvalue weighted by atomic mass is 9.91. The van der Waals surface area contributed by atoms with Crippen molar-refractivity contribution in [1.82, 2.24) is 5.32 Å². The number of benzene rings is 1. The van der Waals surface area contributed by atoms with E-state index < -0.39 is 18.1 Å². The number of rotatable bonds is 5. The first-order valence-electron chi connectivity index (χ1n) is 6.87. The zero-order valence-corrected chi connectivity index (χ0v) is 11.0. The zero-order valence-electron chi connectivity index (χ0n) is 11.0. The van der Waals surface area contributed by atoms with Crippen molar-refractivity contribution < 1.29 is 15.0 Å². The molecule has 19 heavy (non-hydrogen) atoms. The second-order valence-electron chi connectivity index (χ2n) is 5.21. The van der Waals surface area contributed by atoms with Gasteiger partial charge in [-0.1, -0.05) is 43.2 Å². The van der Waals surface area contributed by atoms with Crippen LogP contribution < -0.4 is 5.32 Å². The topological polar surface area (TPSA) is 69.6 Å². The van der Waals surface area contributed by atoms with Crippen molar-refractivity contribution in [3.63, 3.8) is 0 Å². The Kier molecular flexibility index (Phi) is 4.93. The number of aliphatic hydroxyl groups excluding tert-OH is 1. The van der Waals surface area contributed by atoms with Crippen molar-refractivity contribution in [2.45, 2.75) is 50.3 Å². The summed E-state index contributed by atoms with van der Waals surface area (Å²) >= 11 is 0. The van der Waals surface area contributed by atoms with Crippen LogP contribution in [-0.2, 0) is 11.2 Å². The van der Waals surface area contributed by atoms with Crippen molar-refractivity contribution >= 4 is 5.97 Å². The fourth-order valence-corrected chi connectivity index (χ4v) is 2.63. The van der Waals surface area contributed by atoms with E-state index in [0.717, 1.165) is 31.2 Å². The third-order valence-corrected chi connectivity index (χ3v) is 3.73. The largest absolute Gasteiger partial charge is 0.480 e. The van der Waals surface area contributed by atoms with Crippen molar-refractivity contribution in [3.8, 4) is 0 Å². The molecule has 0 amide bonds. The van der Waals surface area contributed by atoms with Gasteiger partial charge >= 0.3 is 5.97 Å². The molecule has 1 fully saturated rings. The molecule has 0 unspecified atom stereocenters. The van der Waals surface area contributed by atoms with Crippen molar-refractivity contribution in [1.29, 1.82) is 0 Å². The Bertz CT molecular complexity index is 407. The van der Waals surface area contributed by atoms with Crippen LogP contribution in [0.1, 0.15) is 31.2 Å². The summed E-state index contributed by atoms with van der Waals surface area (Å²) in [6.07, 6.45) is 3.70. The quantitative estimate of drug-likeness (QED) is 0.754. The van der Waals surface area contributed by atoms with Gasteiger partial charge < -0.3 is 10.2 Å². The van der Waals surface area contributed by atoms with Gasteiger partial charge in [0.2, 0.25) is 0 Å². The van der Waals surface area contributed by atoms with E-state index in [2.05, 4.69) is 5.32 Å². The van der Waals surface area contributed by atoms with E-state index in [1.54, 1.807) is 0 Å². The Morgan fingerprint density at radius 1 is 1.26 bits per heavy atom. The molecular formula is C15H21NO3. The second-order valence-corrected chi connectivity index (χ2v) is 5.21. The average Bonchev–Trinajstić information content (AvgIpc) is 2.41. The Morgan fingerprint density at radius 2 is 1.95 bits per heavy atom. The van der Waals surface area contributed by atoms with Crippen LogP contribution in [0.15, 0.2) is 30.3 Å². The minimum absolute atomic E-state index is 0.0986. The summed E-state index contributed by atoms with van der Waals surface area (Å²) in [5.74, 6) is -0.860. The normalized spacial score (nSPS) is 24.9. The lowest BCUT2D eigenvalue weighted by Gasteiger charge is -2.31. The monoisotopic (exact) mass is 263 g/mol. The Balaban J connectivity index is 1.98. The molecule has 4 heteroatoms. The van der Waals surface area contributed by atoms with Crippen LogP contribution in [0.25, 0.3) is 0 Å². The highest BCUT2D eigenvalue weighted by Crippen LogP contribution is 2.19. The second kappa shape index (κ2) is 6.68. The molecule has 1 aromatic carbocycles. The van der Waals surface area contributed by atoms with Gasteiger partial charge in [-0.15, -0.1) is 0 Å². The predicted octanol–water partition coefficient (Wildman–Crippen LogP) is 1.58. The minimum Gasteiger partial charge on any atom is -0.480 e. The van der Waals surface area contributed by atoms with Gasteiger partial charge in [0.05, 0.1) is 6.10 Å². The van der Waals surface area contributed by atoms with Gasteiger partial charge in [-0.2, -0.15) is 0 Å². The van der Waals surface area contributed by atoms with Gasteiger partial charge in [-0.05, 0) is 24.8 Å². The molecular weight excluding hydrogens is 242 g/mol. The van der Waals surface area contributed by atoms with Crippen LogP contribution >= 0.6 is 0 Å². The molecule has 0 spiro atoms. The molecule has 0 bridgehead atoms. The summed E-state index contributed by atoms with van der Waals surface area (Å²) in [7, 11) is 0. The van der Waals surface area contributed by atoms with Crippen molar-refractivity contribution in [2.24, 2.45) is 0 Å². The number of carbonyl (C=O) groups is 1. The van der Waals surface area contributed by atoms with Crippen LogP contribution in [0.5, 0.6) is 0 Å². The molecule has 3 atom stereocenters. The lowest BCUT2D eigenvalue weighted by molar-refractivity contribution is -0.140. The molecule has 0 saturated heterocycles. The summed E-state index contributed by atoms with van der Waals surface area (Å²) in [4.78, 5) is 11.3. The number of carboxylic acids is 1. The van der Waals surface area contributed by atoms with Gasteiger partial charge in [0.1, 0.15) is 6.04 Å². The molecule has 104 valence electrons. The highest BCUT2D eigenvalue weighted by molar-refractivity contribution is 5.74. The highest BCUT2D eigenvalue weighted by atomic mass is 16.4. The highest BCUT2D eigenvalue weighted by Gasteiger charge is 2.28. The fraction of sp³-hybridized carbons (Fsp3) is 0.533. The SMILES string of the molecule is O=C(O)[C@H](Cc1ccccc1)N[C@@H]1CCCC[C@H]1O. The third-order valence-electron chi connectivity index (χ3n) is 3.73. The van der Waals surface area contributed by atoms with Crippen LogP contribution in [0.2, 0.25) is 0 Å². The van der Waals surface area contributed by atoms with E-state index in [-0.39, 0.29) is 6.04 Å². The van der Waals surface area contributed by atoms with E-state index in [1.807, 2.05) is 30.3 Å². The van der Waals surface area contributed by atoms with Crippen LogP contribution in [0.3, 0.4) is 0 Å². The number of hydrogen-bond acceptors (Lipinski definition) is 3. The minimum atomic E-state index is -0.860. The number of carboxylic acid groups (broad SMARTS) is 1. The first-order chi connectivity index (χ1) is 9.16. The smallest absolute Gasteiger partial charge is 0.321 e. The van der Waals surface area contributed by atoms with Crippen molar-refractivity contribution in [2.75, 3.05) is 0 Å². The first-order valence-corrected chi connectivity index (χ1v) is 6.87. The molecule has 1 aliphatic carbocycles. The molecule has 4 nitrogen and oxygen atoms in total. The van der Waals surface area contributed by atoms with E-state index in [1.165, 1.54) is 0 Å². The Labute approximate surface area is 113 Å². The van der Waals surface area contributed by atoms with Crippen LogP contribution in [0, 0.1) is 0 Å². The van der Waals surface area contributed by atoms with Crippen LogP contribution in [0.4, 0.5) is 0 Å². The lowest BCUT2D eigenvalue weighted by Crippen LogP contribution is -2.50. The van der Waals surface area contributed by atoms with E-state index in [4.69, 9.17) is 0 Å². The Morgan fingerprint density at radius 3 is 2.58 bits per heavy atom. The predicted molar refractivity (Wildman–Crippen MR) is 73.0 cm³/mol. The molecule has 0 aliphatic heterocycles. The van der Waals surface area contributed by atoms with Crippen molar-refractivity contribution in [3.05, 3.63) is 35.9 Å². The maximum Gasteiger partial charge on any atom is 0.321 e. The number of aliphatic carboxylic acids is 1. The van der Waals surface area contributed by atoms with Gasteiger partial charge in [-0.25, -0.2) is 0 Å². The van der Waals surface area contributed by atoms with Gasteiger partial charge in [0.25, 0.3) is 0 Å². The zero-order chi connectivity index (χ0) is 13.7. The molecule has 1 aliphatic rings. The summed E-state index contributed by atoms with van der Waals surface area (Å²) < 4.78 is 0. The van der Waals surface area contributed by atoms with Gasteiger partial charge in [0, 0.05) is 6.04 Å². The molecule has 0 radical (unpaired) electrons. The molecule has 1 aromatic rings.